The molecule has 1 rings (SSSR count). The predicted molar refractivity (Wildman–Crippen MR) is 87.4 cm³/mol. The number of carboxylic acids is 1. The molecule has 7 heteroatoms. The second-order valence-electron chi connectivity index (χ2n) is 5.68. The maximum Gasteiger partial charge on any atom is 0.305 e. The molecule has 0 spiro atoms. The van der Waals surface area contributed by atoms with Gasteiger partial charge in [-0.05, 0) is 38.0 Å². The van der Waals surface area contributed by atoms with E-state index in [9.17, 15) is 18.0 Å². The summed E-state index contributed by atoms with van der Waals surface area (Å²) in [7, 11) is -3.42. The van der Waals surface area contributed by atoms with E-state index in [1.165, 1.54) is 17.0 Å². The molecule has 0 aliphatic carbocycles. The highest BCUT2D eigenvalue weighted by atomic mass is 32.2. The number of hydrogen-bond donors (Lipinski definition) is 1. The summed E-state index contributed by atoms with van der Waals surface area (Å²) < 4.78 is 23.4. The number of aliphatic carboxylic acids is 1. The molecule has 0 atom stereocenters. The first-order chi connectivity index (χ1) is 10.6. The number of nitrogens with zero attached hydrogens (tertiary/aromatic N) is 1. The third-order valence-electron chi connectivity index (χ3n) is 3.57. The van der Waals surface area contributed by atoms with Gasteiger partial charge in [0.25, 0.3) is 5.91 Å². The highest BCUT2D eigenvalue weighted by molar-refractivity contribution is 7.90. The lowest BCUT2D eigenvalue weighted by Gasteiger charge is -2.27. The van der Waals surface area contributed by atoms with Crippen LogP contribution in [0.5, 0.6) is 0 Å². The molecule has 0 aliphatic heterocycles. The largest absolute Gasteiger partial charge is 0.481 e. The Balaban J connectivity index is 3.29. The van der Waals surface area contributed by atoms with Gasteiger partial charge >= 0.3 is 5.97 Å². The van der Waals surface area contributed by atoms with Crippen LogP contribution in [0.15, 0.2) is 23.1 Å². The van der Waals surface area contributed by atoms with Gasteiger partial charge in [-0.2, -0.15) is 0 Å². The second-order valence-corrected chi connectivity index (χ2v) is 7.70. The molecule has 1 amide bonds. The minimum Gasteiger partial charge on any atom is -0.481 e. The summed E-state index contributed by atoms with van der Waals surface area (Å²) in [6.07, 6.45) is 1.51. The van der Waals surface area contributed by atoms with Gasteiger partial charge in [0.05, 0.1) is 11.3 Å². The number of sulfone groups is 1. The summed E-state index contributed by atoms with van der Waals surface area (Å²) in [5.41, 5.74) is 1.05. The summed E-state index contributed by atoms with van der Waals surface area (Å²) in [5.74, 6) is -1.33. The monoisotopic (exact) mass is 341 g/mol. The number of hydrogen-bond acceptors (Lipinski definition) is 4. The van der Waals surface area contributed by atoms with Crippen molar-refractivity contribution in [2.45, 2.75) is 44.6 Å². The van der Waals surface area contributed by atoms with Crippen LogP contribution >= 0.6 is 0 Å². The van der Waals surface area contributed by atoms with Crippen LogP contribution in [-0.4, -0.2) is 49.1 Å². The van der Waals surface area contributed by atoms with Crippen molar-refractivity contribution in [3.63, 3.8) is 0 Å². The minimum atomic E-state index is -3.42. The topological polar surface area (TPSA) is 91.8 Å². The maximum atomic E-state index is 12.8. The van der Waals surface area contributed by atoms with Crippen molar-refractivity contribution < 1.29 is 23.1 Å². The van der Waals surface area contributed by atoms with E-state index >= 15 is 0 Å². The predicted octanol–water partition coefficient (Wildman–Crippen LogP) is 1.98. The highest BCUT2D eigenvalue weighted by Crippen LogP contribution is 2.20. The van der Waals surface area contributed by atoms with Crippen LogP contribution in [0, 0.1) is 0 Å². The van der Waals surface area contributed by atoms with Crippen molar-refractivity contribution in [1.29, 1.82) is 0 Å². The molecule has 0 bridgehead atoms. The zero-order chi connectivity index (χ0) is 17.8. The quantitative estimate of drug-likeness (QED) is 0.819. The number of carboxylic acid groups (broad SMARTS) is 1. The lowest BCUT2D eigenvalue weighted by molar-refractivity contribution is -0.137. The Morgan fingerprint density at radius 1 is 1.26 bits per heavy atom. The molecule has 1 N–H and O–H groups in total. The van der Waals surface area contributed by atoms with Gasteiger partial charge in [0, 0.05) is 24.4 Å². The molecule has 0 heterocycles. The van der Waals surface area contributed by atoms with E-state index in [1.54, 1.807) is 19.9 Å². The third-order valence-corrected chi connectivity index (χ3v) is 4.68. The van der Waals surface area contributed by atoms with Gasteiger partial charge in [0.15, 0.2) is 9.84 Å². The lowest BCUT2D eigenvalue weighted by Crippen LogP contribution is -2.39. The molecule has 0 aromatic heterocycles. The Labute approximate surface area is 137 Å². The first-order valence-corrected chi connectivity index (χ1v) is 9.32. The molecule has 0 aliphatic rings. The first kappa shape index (κ1) is 19.2. The van der Waals surface area contributed by atoms with Crippen molar-refractivity contribution >= 4 is 21.7 Å². The zero-order valence-corrected chi connectivity index (χ0v) is 14.7. The first-order valence-electron chi connectivity index (χ1n) is 7.43. The number of rotatable bonds is 7. The number of carbonyl (C=O) groups excluding carboxylic acids is 1. The number of amides is 1. The Morgan fingerprint density at radius 2 is 1.87 bits per heavy atom. The van der Waals surface area contributed by atoms with E-state index < -0.39 is 15.8 Å². The van der Waals surface area contributed by atoms with Gasteiger partial charge in [0.2, 0.25) is 0 Å². The van der Waals surface area contributed by atoms with Crippen LogP contribution in [0.2, 0.25) is 0 Å². The van der Waals surface area contributed by atoms with E-state index in [4.69, 9.17) is 5.11 Å². The molecule has 23 heavy (non-hydrogen) atoms. The van der Waals surface area contributed by atoms with E-state index in [1.807, 2.05) is 6.92 Å². The van der Waals surface area contributed by atoms with Crippen molar-refractivity contribution in [3.05, 3.63) is 29.3 Å². The molecular formula is C16H23NO5S. The van der Waals surface area contributed by atoms with Gasteiger partial charge in [-0.3, -0.25) is 9.59 Å². The number of benzene rings is 1. The van der Waals surface area contributed by atoms with Crippen LogP contribution in [0.25, 0.3) is 0 Å². The van der Waals surface area contributed by atoms with Crippen LogP contribution in [0.1, 0.15) is 43.1 Å². The van der Waals surface area contributed by atoms with Gasteiger partial charge in [-0.25, -0.2) is 8.42 Å². The summed E-state index contributed by atoms with van der Waals surface area (Å²) >= 11 is 0. The molecule has 0 fully saturated rings. The van der Waals surface area contributed by atoms with E-state index in [2.05, 4.69) is 0 Å². The van der Waals surface area contributed by atoms with Gasteiger partial charge in [0.1, 0.15) is 0 Å². The van der Waals surface area contributed by atoms with E-state index in [-0.39, 0.29) is 29.8 Å². The Morgan fingerprint density at radius 3 is 2.30 bits per heavy atom. The Bertz CT molecular complexity index is 694. The SMILES string of the molecule is CCc1ccc(S(C)(=O)=O)cc1C(=O)N(CCC(=O)O)C(C)C. The van der Waals surface area contributed by atoms with Crippen molar-refractivity contribution in [3.8, 4) is 0 Å². The molecule has 0 unspecified atom stereocenters. The van der Waals surface area contributed by atoms with E-state index in [0.29, 0.717) is 12.0 Å². The summed E-state index contributed by atoms with van der Waals surface area (Å²) in [5, 5.41) is 8.83. The van der Waals surface area contributed by atoms with Crippen LogP contribution in [0.3, 0.4) is 0 Å². The van der Waals surface area contributed by atoms with Crippen molar-refractivity contribution in [1.82, 2.24) is 4.90 Å². The average Bonchev–Trinajstić information content (AvgIpc) is 2.44. The fourth-order valence-corrected chi connectivity index (χ4v) is 2.91. The fourth-order valence-electron chi connectivity index (χ4n) is 2.26. The molecule has 0 saturated heterocycles. The number of carbonyl (C=O) groups is 2. The zero-order valence-electron chi connectivity index (χ0n) is 13.9. The summed E-state index contributed by atoms with van der Waals surface area (Å²) in [4.78, 5) is 25.1. The molecule has 0 saturated carbocycles. The van der Waals surface area contributed by atoms with Gasteiger partial charge in [-0.15, -0.1) is 0 Å². The van der Waals surface area contributed by atoms with Crippen LogP contribution in [0.4, 0.5) is 0 Å². The fraction of sp³-hybridized carbons (Fsp3) is 0.500. The minimum absolute atomic E-state index is 0.0814. The summed E-state index contributed by atoms with van der Waals surface area (Å²) in [6, 6.07) is 4.32. The lowest BCUT2D eigenvalue weighted by atomic mass is 10.0. The molecule has 1 aromatic carbocycles. The Hall–Kier alpha value is -1.89. The van der Waals surface area contributed by atoms with Crippen molar-refractivity contribution in [2.24, 2.45) is 0 Å². The highest BCUT2D eigenvalue weighted by Gasteiger charge is 2.23. The van der Waals surface area contributed by atoms with Gasteiger partial charge in [-0.1, -0.05) is 13.0 Å². The third kappa shape index (κ3) is 5.06. The van der Waals surface area contributed by atoms with E-state index in [0.717, 1.165) is 11.8 Å². The van der Waals surface area contributed by atoms with Crippen LogP contribution in [-0.2, 0) is 21.1 Å². The molecule has 0 radical (unpaired) electrons. The Kier molecular flexibility index (Phi) is 6.32. The van der Waals surface area contributed by atoms with Gasteiger partial charge < -0.3 is 10.0 Å². The second kappa shape index (κ2) is 7.59. The average molecular weight is 341 g/mol. The maximum absolute atomic E-state index is 12.8. The smallest absolute Gasteiger partial charge is 0.305 e. The van der Waals surface area contributed by atoms with Crippen LogP contribution < -0.4 is 0 Å². The molecular weight excluding hydrogens is 318 g/mol. The standard InChI is InChI=1S/C16H23NO5S/c1-5-12-6-7-13(23(4,21)22)10-14(12)16(20)17(11(2)3)9-8-15(18)19/h6-7,10-11H,5,8-9H2,1-4H3,(H,18,19). The molecule has 6 nitrogen and oxygen atoms in total. The summed E-state index contributed by atoms with van der Waals surface area (Å²) in [6.45, 7) is 5.55. The molecule has 1 aromatic rings. The van der Waals surface area contributed by atoms with Crippen molar-refractivity contribution in [2.75, 3.05) is 12.8 Å². The normalized spacial score (nSPS) is 11.5. The number of aryl methyl sites for hydroxylation is 1. The molecule has 128 valence electrons.